The number of hydrogen-bond donors (Lipinski definition) is 12. The molecule has 0 aliphatic carbocycles. The van der Waals surface area contributed by atoms with Crippen LogP contribution in [-0.4, -0.2) is 193 Å². The van der Waals surface area contributed by atoms with Gasteiger partial charge in [-0.15, -0.1) is 0 Å². The van der Waals surface area contributed by atoms with Crippen molar-refractivity contribution >= 4 is 5.91 Å². The molecule has 436 valence electrons. The van der Waals surface area contributed by atoms with Crippen molar-refractivity contribution in [1.82, 2.24) is 5.32 Å². The Morgan fingerprint density at radius 3 is 1.35 bits per heavy atom. The lowest BCUT2D eigenvalue weighted by molar-refractivity contribution is -0.379. The molecule has 3 saturated heterocycles. The molecule has 3 aliphatic rings. The van der Waals surface area contributed by atoms with Gasteiger partial charge in [-0.25, -0.2) is 0 Å². The third kappa shape index (κ3) is 24.8. The maximum Gasteiger partial charge on any atom is 0.220 e. The molecule has 75 heavy (non-hydrogen) atoms. The zero-order chi connectivity index (χ0) is 54.8. The van der Waals surface area contributed by atoms with E-state index >= 15 is 0 Å². The number of rotatable bonds is 40. The fraction of sp³-hybridized carbons (Fsp3) is 0.839. The predicted molar refractivity (Wildman–Crippen MR) is 282 cm³/mol. The standard InChI is InChI=1S/C56H99NO18/c1-3-5-7-9-11-13-15-17-19-20-22-24-26-28-30-32-34-44(62)57-39(40(61)33-31-29-27-25-23-21-18-16-14-12-10-8-6-4-2)38-70-54-50(68)47(65)52(42(36-59)72-54)75-56-51(69)48(66)53(43(37-60)73-56)74-55-49(67)46(64)45(63)41(35-58)71-55/h14,16,19-20,23,25,31,33,39-43,45-56,58-61,63-69H,3-13,15,17-18,21-22,24,26-30,32,34-38H2,1-2H3,(H,57,62)/b16-14+,20-19-,25-23+,33-31+. The third-order valence-corrected chi connectivity index (χ3v) is 14.1. The van der Waals surface area contributed by atoms with Gasteiger partial charge >= 0.3 is 0 Å². The summed E-state index contributed by atoms with van der Waals surface area (Å²) in [5.74, 6) is -0.302. The molecule has 3 rings (SSSR count). The third-order valence-electron chi connectivity index (χ3n) is 14.1. The Bertz CT molecular complexity index is 1570. The van der Waals surface area contributed by atoms with Gasteiger partial charge in [-0.05, 0) is 70.6 Å². The van der Waals surface area contributed by atoms with Crippen molar-refractivity contribution in [3.05, 3.63) is 48.6 Å². The number of carbonyl (C=O) groups is 1. The quantitative estimate of drug-likeness (QED) is 0.0306. The van der Waals surface area contributed by atoms with Crippen LogP contribution in [0.1, 0.15) is 168 Å². The number of hydrogen-bond acceptors (Lipinski definition) is 18. The van der Waals surface area contributed by atoms with E-state index in [9.17, 15) is 61.0 Å². The topological polar surface area (TPSA) is 307 Å². The normalized spacial score (nSPS) is 31.6. The summed E-state index contributed by atoms with van der Waals surface area (Å²) in [5, 5.41) is 120. The maximum atomic E-state index is 13.3. The second-order valence-corrected chi connectivity index (χ2v) is 20.4. The zero-order valence-electron chi connectivity index (χ0n) is 45.0. The fourth-order valence-corrected chi connectivity index (χ4v) is 9.33. The molecule has 3 fully saturated rings. The largest absolute Gasteiger partial charge is 0.394 e. The van der Waals surface area contributed by atoms with Gasteiger partial charge in [0.25, 0.3) is 0 Å². The van der Waals surface area contributed by atoms with E-state index in [-0.39, 0.29) is 18.9 Å². The highest BCUT2D eigenvalue weighted by molar-refractivity contribution is 5.76. The number of ether oxygens (including phenoxy) is 6. The Labute approximate surface area is 446 Å². The van der Waals surface area contributed by atoms with E-state index in [0.29, 0.717) is 12.8 Å². The number of aliphatic hydroxyl groups is 11. The Kier molecular flexibility index (Phi) is 35.8. The minimum absolute atomic E-state index is 0.221. The van der Waals surface area contributed by atoms with Crippen molar-refractivity contribution in [3.63, 3.8) is 0 Å². The van der Waals surface area contributed by atoms with E-state index in [1.54, 1.807) is 6.08 Å². The number of unbranched alkanes of at least 4 members (excludes halogenated alkanes) is 18. The van der Waals surface area contributed by atoms with Gasteiger partial charge < -0.3 is 89.9 Å². The van der Waals surface area contributed by atoms with E-state index in [1.165, 1.54) is 70.6 Å². The van der Waals surface area contributed by atoms with Crippen LogP contribution in [0.4, 0.5) is 0 Å². The molecule has 0 radical (unpaired) electrons. The van der Waals surface area contributed by atoms with Crippen molar-refractivity contribution in [3.8, 4) is 0 Å². The average Bonchev–Trinajstić information content (AvgIpc) is 3.41. The smallest absolute Gasteiger partial charge is 0.220 e. The first kappa shape index (κ1) is 67.0. The number of allylic oxidation sites excluding steroid dienone is 7. The maximum absolute atomic E-state index is 13.3. The average molecular weight is 1070 g/mol. The first-order chi connectivity index (χ1) is 36.3. The first-order valence-electron chi connectivity index (χ1n) is 28.4. The highest BCUT2D eigenvalue weighted by Crippen LogP contribution is 2.33. The summed E-state index contributed by atoms with van der Waals surface area (Å²) in [5.41, 5.74) is 0. The summed E-state index contributed by atoms with van der Waals surface area (Å²) in [7, 11) is 0. The van der Waals surface area contributed by atoms with Crippen LogP contribution in [0.15, 0.2) is 48.6 Å². The van der Waals surface area contributed by atoms with Crippen molar-refractivity contribution in [2.24, 2.45) is 0 Å². The summed E-state index contributed by atoms with van der Waals surface area (Å²) < 4.78 is 34.1. The monoisotopic (exact) mass is 1070 g/mol. The second kappa shape index (κ2) is 40.0. The summed E-state index contributed by atoms with van der Waals surface area (Å²) in [6.45, 7) is 1.63. The Hall–Kier alpha value is -2.25. The van der Waals surface area contributed by atoms with Gasteiger partial charge in [-0.1, -0.05) is 140 Å². The Morgan fingerprint density at radius 1 is 0.467 bits per heavy atom. The van der Waals surface area contributed by atoms with Gasteiger partial charge in [0.1, 0.15) is 73.2 Å². The summed E-state index contributed by atoms with van der Waals surface area (Å²) in [6, 6.07) is -0.999. The minimum atomic E-state index is -1.98. The SMILES string of the molecule is CCCCCC/C=C/CC/C=C/CC/C=C/C(O)C(COC1OC(CO)C(OC2OC(CO)C(OC3OC(CO)C(O)C(O)C3O)C(O)C2O)C(O)C1O)NC(=O)CCCCCCC/C=C\CCCCCCCCC. The highest BCUT2D eigenvalue weighted by Gasteiger charge is 2.53. The van der Waals surface area contributed by atoms with Crippen molar-refractivity contribution in [1.29, 1.82) is 0 Å². The lowest BCUT2D eigenvalue weighted by Gasteiger charge is -2.48. The molecule has 3 heterocycles. The number of nitrogens with one attached hydrogen (secondary N) is 1. The van der Waals surface area contributed by atoms with Crippen LogP contribution in [0, 0.1) is 0 Å². The summed E-state index contributed by atoms with van der Waals surface area (Å²) >= 11 is 0. The molecular formula is C56H99NO18. The van der Waals surface area contributed by atoms with Crippen LogP contribution < -0.4 is 5.32 Å². The van der Waals surface area contributed by atoms with Gasteiger partial charge in [-0.2, -0.15) is 0 Å². The molecule has 17 atom stereocenters. The van der Waals surface area contributed by atoms with E-state index in [4.69, 9.17) is 28.4 Å². The number of aliphatic hydroxyl groups excluding tert-OH is 11. The molecule has 19 heteroatoms. The van der Waals surface area contributed by atoms with E-state index in [2.05, 4.69) is 55.6 Å². The second-order valence-electron chi connectivity index (χ2n) is 20.4. The molecular weight excluding hydrogens is 975 g/mol. The Morgan fingerprint density at radius 2 is 0.853 bits per heavy atom. The Balaban J connectivity index is 1.55. The van der Waals surface area contributed by atoms with Crippen LogP contribution in [0.3, 0.4) is 0 Å². The molecule has 1 amide bonds. The summed E-state index contributed by atoms with van der Waals surface area (Å²) in [6.07, 6.45) is 15.3. The van der Waals surface area contributed by atoms with Gasteiger partial charge in [0, 0.05) is 6.42 Å². The number of amides is 1. The van der Waals surface area contributed by atoms with E-state index in [0.717, 1.165) is 64.2 Å². The van der Waals surface area contributed by atoms with E-state index < -0.39 is 124 Å². The predicted octanol–water partition coefficient (Wildman–Crippen LogP) is 3.92. The molecule has 19 nitrogen and oxygen atoms in total. The summed E-state index contributed by atoms with van der Waals surface area (Å²) in [4.78, 5) is 13.3. The lowest BCUT2D eigenvalue weighted by atomic mass is 9.96. The molecule has 0 aromatic heterocycles. The van der Waals surface area contributed by atoms with Crippen LogP contribution in [-0.2, 0) is 33.2 Å². The molecule has 0 saturated carbocycles. The van der Waals surface area contributed by atoms with Crippen LogP contribution in [0.2, 0.25) is 0 Å². The zero-order valence-corrected chi connectivity index (χ0v) is 45.0. The fourth-order valence-electron chi connectivity index (χ4n) is 9.33. The van der Waals surface area contributed by atoms with Crippen molar-refractivity contribution in [2.75, 3.05) is 26.4 Å². The minimum Gasteiger partial charge on any atom is -0.394 e. The van der Waals surface area contributed by atoms with Gasteiger partial charge in [0.15, 0.2) is 18.9 Å². The molecule has 12 N–H and O–H groups in total. The van der Waals surface area contributed by atoms with Crippen molar-refractivity contribution in [2.45, 2.75) is 272 Å². The van der Waals surface area contributed by atoms with Crippen LogP contribution in [0.5, 0.6) is 0 Å². The molecule has 3 aliphatic heterocycles. The molecule has 0 aromatic rings. The van der Waals surface area contributed by atoms with Crippen LogP contribution >= 0.6 is 0 Å². The van der Waals surface area contributed by atoms with Gasteiger partial charge in [0.05, 0.1) is 38.6 Å². The lowest BCUT2D eigenvalue weighted by Crippen LogP contribution is -2.66. The van der Waals surface area contributed by atoms with E-state index in [1.807, 2.05) is 6.08 Å². The number of carbonyl (C=O) groups excluding carboxylic acids is 1. The van der Waals surface area contributed by atoms with Crippen LogP contribution in [0.25, 0.3) is 0 Å². The first-order valence-corrected chi connectivity index (χ1v) is 28.4. The van der Waals surface area contributed by atoms with Crippen molar-refractivity contribution < 1.29 is 89.4 Å². The molecule has 0 bridgehead atoms. The van der Waals surface area contributed by atoms with Gasteiger partial charge in [0.2, 0.25) is 5.91 Å². The highest BCUT2D eigenvalue weighted by atomic mass is 16.8. The molecule has 17 unspecified atom stereocenters. The molecule has 0 aromatic carbocycles. The van der Waals surface area contributed by atoms with Gasteiger partial charge in [-0.3, -0.25) is 4.79 Å². The molecule has 0 spiro atoms.